The summed E-state index contributed by atoms with van der Waals surface area (Å²) in [6.45, 7) is 0.215. The van der Waals surface area contributed by atoms with Crippen LogP contribution in [0.2, 0.25) is 5.02 Å². The zero-order chi connectivity index (χ0) is 23.5. The van der Waals surface area contributed by atoms with Gasteiger partial charge in [0.1, 0.15) is 11.6 Å². The first-order valence-electron chi connectivity index (χ1n) is 9.67. The summed E-state index contributed by atoms with van der Waals surface area (Å²) in [5.74, 6) is 0.179. The van der Waals surface area contributed by atoms with Gasteiger partial charge in [-0.3, -0.25) is 0 Å². The maximum atomic E-state index is 13.4. The molecule has 2 N–H and O–H groups in total. The first-order valence-corrected chi connectivity index (χ1v) is 11.2. The lowest BCUT2D eigenvalue weighted by molar-refractivity contribution is 0.415. The number of nitrogens with one attached hydrogen (secondary N) is 1. The fourth-order valence-electron chi connectivity index (χ4n) is 3.29. The molecule has 4 aromatic rings. The number of thiocarbonyl (C=S) groups is 1. The molecule has 10 heteroatoms. The highest BCUT2D eigenvalue weighted by Gasteiger charge is 2.18. The number of halogens is 3. The van der Waals surface area contributed by atoms with Crippen LogP contribution in [0.4, 0.5) is 15.8 Å². The molecule has 0 fully saturated rings. The van der Waals surface area contributed by atoms with Crippen LogP contribution < -0.4 is 10.1 Å². The fraction of sp³-hybridized carbons (Fsp3) is 0.0870. The van der Waals surface area contributed by atoms with Crippen LogP contribution in [0.1, 0.15) is 5.56 Å². The molecule has 0 aliphatic rings. The molecule has 0 aliphatic heterocycles. The molecule has 0 amide bonds. The number of azo groups is 1. The molecule has 1 heterocycles. The van der Waals surface area contributed by atoms with Crippen LogP contribution >= 0.6 is 39.7 Å². The summed E-state index contributed by atoms with van der Waals surface area (Å²) in [7, 11) is 1.59. The average molecular weight is 548 g/mol. The van der Waals surface area contributed by atoms with Crippen LogP contribution in [0.15, 0.2) is 75.4 Å². The Morgan fingerprint density at radius 3 is 2.64 bits per heavy atom. The quantitative estimate of drug-likeness (QED) is 0.201. The SMILES string of the molecule is COc1ccc(NC(=S)N=Nc2c(O)n(Cc3ccc(F)cc3Cl)c3ccc(Br)cc23)cc1. The van der Waals surface area contributed by atoms with Crippen LogP contribution in [0.3, 0.4) is 0 Å². The van der Waals surface area contributed by atoms with Gasteiger partial charge in [-0.25, -0.2) is 4.39 Å². The molecule has 0 atom stereocenters. The minimum Gasteiger partial charge on any atom is -0.497 e. The summed E-state index contributed by atoms with van der Waals surface area (Å²) in [5, 5.41) is 23.3. The molecule has 0 unspecified atom stereocenters. The van der Waals surface area contributed by atoms with Crippen molar-refractivity contribution < 1.29 is 14.2 Å². The summed E-state index contributed by atoms with van der Waals surface area (Å²) in [6.07, 6.45) is 0. The zero-order valence-electron chi connectivity index (χ0n) is 17.2. The normalized spacial score (nSPS) is 11.3. The maximum absolute atomic E-state index is 13.4. The Morgan fingerprint density at radius 1 is 1.18 bits per heavy atom. The molecule has 0 saturated carbocycles. The molecular formula is C23H17BrClFN4O2S. The van der Waals surface area contributed by atoms with Crippen LogP contribution in [0.5, 0.6) is 11.6 Å². The van der Waals surface area contributed by atoms with Crippen molar-refractivity contribution in [3.05, 3.63) is 81.5 Å². The van der Waals surface area contributed by atoms with E-state index in [4.69, 9.17) is 28.6 Å². The molecule has 0 radical (unpaired) electrons. The van der Waals surface area contributed by atoms with Gasteiger partial charge in [0.05, 0.1) is 19.2 Å². The smallest absolute Gasteiger partial charge is 0.221 e. The first kappa shape index (κ1) is 23.2. The number of methoxy groups -OCH3 is 1. The van der Waals surface area contributed by atoms with Gasteiger partial charge < -0.3 is 19.7 Å². The minimum absolute atomic E-state index is 0.112. The molecule has 168 valence electrons. The van der Waals surface area contributed by atoms with Gasteiger partial charge in [-0.1, -0.05) is 33.6 Å². The average Bonchev–Trinajstić information content (AvgIpc) is 3.04. The Kier molecular flexibility index (Phi) is 6.92. The van der Waals surface area contributed by atoms with Gasteiger partial charge in [-0.15, -0.1) is 10.2 Å². The number of rotatable bonds is 5. The minimum atomic E-state index is -0.429. The summed E-state index contributed by atoms with van der Waals surface area (Å²) < 4.78 is 21.0. The van der Waals surface area contributed by atoms with Crippen molar-refractivity contribution in [1.82, 2.24) is 4.57 Å². The third-order valence-corrected chi connectivity index (χ3v) is 5.93. The van der Waals surface area contributed by atoms with Crippen molar-refractivity contribution in [2.45, 2.75) is 6.54 Å². The van der Waals surface area contributed by atoms with Gasteiger partial charge in [0.2, 0.25) is 11.0 Å². The third-order valence-electron chi connectivity index (χ3n) is 4.90. The van der Waals surface area contributed by atoms with Gasteiger partial charge in [0, 0.05) is 20.6 Å². The summed E-state index contributed by atoms with van der Waals surface area (Å²) in [4.78, 5) is 0. The number of aromatic hydroxyl groups is 1. The van der Waals surface area contributed by atoms with E-state index in [1.165, 1.54) is 12.1 Å². The number of anilines is 1. The van der Waals surface area contributed by atoms with Crippen molar-refractivity contribution >= 4 is 67.1 Å². The lowest BCUT2D eigenvalue weighted by Gasteiger charge is -2.09. The Morgan fingerprint density at radius 2 is 1.94 bits per heavy atom. The fourth-order valence-corrected chi connectivity index (χ4v) is 4.04. The number of hydrogen-bond acceptors (Lipinski definition) is 4. The molecule has 0 bridgehead atoms. The molecule has 0 spiro atoms. The van der Waals surface area contributed by atoms with Crippen molar-refractivity contribution in [2.75, 3.05) is 12.4 Å². The van der Waals surface area contributed by atoms with E-state index in [1.807, 2.05) is 18.2 Å². The van der Waals surface area contributed by atoms with E-state index in [2.05, 4.69) is 31.5 Å². The van der Waals surface area contributed by atoms with E-state index in [0.717, 1.165) is 15.9 Å². The summed E-state index contributed by atoms with van der Waals surface area (Å²) >= 11 is 14.9. The highest BCUT2D eigenvalue weighted by molar-refractivity contribution is 9.10. The van der Waals surface area contributed by atoms with E-state index in [0.29, 0.717) is 16.5 Å². The Bertz CT molecular complexity index is 1380. The Labute approximate surface area is 207 Å². The number of ether oxygens (including phenoxy) is 1. The van der Waals surface area contributed by atoms with Crippen molar-refractivity contribution in [2.24, 2.45) is 10.2 Å². The van der Waals surface area contributed by atoms with E-state index in [1.54, 1.807) is 42.0 Å². The van der Waals surface area contributed by atoms with Crippen LogP contribution in [0, 0.1) is 5.82 Å². The van der Waals surface area contributed by atoms with Gasteiger partial charge in [-0.2, -0.15) is 0 Å². The van der Waals surface area contributed by atoms with Crippen molar-refractivity contribution in [3.63, 3.8) is 0 Å². The summed E-state index contributed by atoms with van der Waals surface area (Å²) in [6, 6.07) is 16.8. The number of hydrogen-bond donors (Lipinski definition) is 2. The topological polar surface area (TPSA) is 71.1 Å². The molecule has 6 nitrogen and oxygen atoms in total. The van der Waals surface area contributed by atoms with E-state index >= 15 is 0 Å². The van der Waals surface area contributed by atoms with Crippen LogP contribution in [-0.4, -0.2) is 21.9 Å². The molecule has 4 rings (SSSR count). The number of aromatic nitrogens is 1. The number of benzene rings is 3. The second-order valence-electron chi connectivity index (χ2n) is 7.01. The molecule has 1 aromatic heterocycles. The predicted molar refractivity (Wildman–Crippen MR) is 136 cm³/mol. The lowest BCUT2D eigenvalue weighted by atomic mass is 10.2. The molecule has 0 aliphatic carbocycles. The van der Waals surface area contributed by atoms with Gasteiger partial charge in [0.15, 0.2) is 5.69 Å². The second-order valence-corrected chi connectivity index (χ2v) is 8.72. The Hall–Kier alpha value is -3.01. The lowest BCUT2D eigenvalue weighted by Crippen LogP contribution is -2.04. The van der Waals surface area contributed by atoms with Crippen molar-refractivity contribution in [3.8, 4) is 11.6 Å². The van der Waals surface area contributed by atoms with E-state index < -0.39 is 5.82 Å². The molecule has 33 heavy (non-hydrogen) atoms. The van der Waals surface area contributed by atoms with Gasteiger partial charge in [-0.05, 0) is 72.4 Å². The second kappa shape index (κ2) is 9.86. The van der Waals surface area contributed by atoms with Crippen molar-refractivity contribution in [1.29, 1.82) is 0 Å². The first-order chi connectivity index (χ1) is 15.9. The molecule has 3 aromatic carbocycles. The molecule has 0 saturated heterocycles. The maximum Gasteiger partial charge on any atom is 0.221 e. The zero-order valence-corrected chi connectivity index (χ0v) is 20.4. The van der Waals surface area contributed by atoms with E-state index in [9.17, 15) is 9.50 Å². The number of fused-ring (bicyclic) bond motifs is 1. The third kappa shape index (κ3) is 5.16. The highest BCUT2D eigenvalue weighted by atomic mass is 79.9. The van der Waals surface area contributed by atoms with Crippen LogP contribution in [-0.2, 0) is 6.54 Å². The highest BCUT2D eigenvalue weighted by Crippen LogP contribution is 2.41. The number of nitrogens with zero attached hydrogens (tertiary/aromatic N) is 3. The van der Waals surface area contributed by atoms with E-state index in [-0.39, 0.29) is 28.2 Å². The Balaban J connectivity index is 1.66. The largest absolute Gasteiger partial charge is 0.497 e. The van der Waals surface area contributed by atoms with Gasteiger partial charge >= 0.3 is 0 Å². The van der Waals surface area contributed by atoms with Gasteiger partial charge in [0.25, 0.3) is 0 Å². The predicted octanol–water partition coefficient (Wildman–Crippen LogP) is 7.44. The van der Waals surface area contributed by atoms with Crippen LogP contribution in [0.25, 0.3) is 10.9 Å². The summed E-state index contributed by atoms with van der Waals surface area (Å²) in [5.41, 5.74) is 2.33. The molecular weight excluding hydrogens is 531 g/mol. The monoisotopic (exact) mass is 546 g/mol. The standard InChI is InChI=1S/C23H17BrClFN4O2S/c1-32-17-7-5-16(6-8-17)27-23(33)29-28-21-18-10-14(24)3-9-20(18)30(22(21)31)12-13-2-4-15(26)11-19(13)25/h2-11,31H,12H2,1H3,(H,27,33).